The number of amides is 1. The smallest absolute Gasteiger partial charge is 0.263 e. The number of likely N-dealkylation sites (tertiary alicyclic amines) is 1. The number of aromatic nitrogens is 1. The standard InChI is InChI=1S/C17H22N2O3S/c1-12-6-3-4-8-19(12)16(20)11-23-10-14-13(2)22-17(18-14)15-7-5-9-21-15/h5,7,9,12H,3-4,6,8,10-11H2,1-2H3. The SMILES string of the molecule is Cc1oc(-c2ccco2)nc1CSCC(=O)N1CCCCC1C. The summed E-state index contributed by atoms with van der Waals surface area (Å²) < 4.78 is 10.9. The Kier molecular flexibility index (Phi) is 5.10. The molecule has 124 valence electrons. The second-order valence-electron chi connectivity index (χ2n) is 5.92. The number of carbonyl (C=O) groups is 1. The molecule has 1 aliphatic heterocycles. The van der Waals surface area contributed by atoms with Crippen LogP contribution in [0.2, 0.25) is 0 Å². The van der Waals surface area contributed by atoms with Crippen molar-refractivity contribution in [3.63, 3.8) is 0 Å². The van der Waals surface area contributed by atoms with Crippen LogP contribution in [0, 0.1) is 6.92 Å². The van der Waals surface area contributed by atoms with Crippen molar-refractivity contribution in [1.82, 2.24) is 9.88 Å². The highest BCUT2D eigenvalue weighted by molar-refractivity contribution is 7.99. The molecule has 1 atom stereocenters. The van der Waals surface area contributed by atoms with Crippen molar-refractivity contribution in [1.29, 1.82) is 0 Å². The average Bonchev–Trinajstić information content (AvgIpc) is 3.18. The van der Waals surface area contributed by atoms with E-state index < -0.39 is 0 Å². The predicted molar refractivity (Wildman–Crippen MR) is 90.1 cm³/mol. The van der Waals surface area contributed by atoms with Crippen LogP contribution in [0.25, 0.3) is 11.7 Å². The number of thioether (sulfide) groups is 1. The van der Waals surface area contributed by atoms with Crippen molar-refractivity contribution >= 4 is 17.7 Å². The molecule has 5 nitrogen and oxygen atoms in total. The van der Waals surface area contributed by atoms with Gasteiger partial charge in [-0.15, -0.1) is 11.8 Å². The Morgan fingerprint density at radius 2 is 2.35 bits per heavy atom. The molecule has 1 saturated heterocycles. The minimum absolute atomic E-state index is 0.231. The number of carbonyl (C=O) groups excluding carboxylic acids is 1. The number of piperidine rings is 1. The lowest BCUT2D eigenvalue weighted by molar-refractivity contribution is -0.131. The fourth-order valence-corrected chi connectivity index (χ4v) is 3.76. The molecule has 3 rings (SSSR count). The number of rotatable bonds is 5. The van der Waals surface area contributed by atoms with E-state index in [1.807, 2.05) is 24.0 Å². The van der Waals surface area contributed by atoms with Crippen LogP contribution in [-0.4, -0.2) is 34.1 Å². The zero-order chi connectivity index (χ0) is 16.2. The summed E-state index contributed by atoms with van der Waals surface area (Å²) in [4.78, 5) is 18.8. The first-order valence-corrected chi connectivity index (χ1v) is 9.18. The van der Waals surface area contributed by atoms with E-state index in [2.05, 4.69) is 11.9 Å². The molecular formula is C17H22N2O3S. The van der Waals surface area contributed by atoms with Gasteiger partial charge < -0.3 is 13.7 Å². The van der Waals surface area contributed by atoms with E-state index in [0.717, 1.165) is 30.8 Å². The number of aryl methyl sites for hydroxylation is 1. The van der Waals surface area contributed by atoms with Gasteiger partial charge >= 0.3 is 0 Å². The van der Waals surface area contributed by atoms with Gasteiger partial charge in [-0.2, -0.15) is 0 Å². The fraction of sp³-hybridized carbons (Fsp3) is 0.529. The Morgan fingerprint density at radius 3 is 3.09 bits per heavy atom. The molecule has 0 aliphatic carbocycles. The Hall–Kier alpha value is -1.69. The molecular weight excluding hydrogens is 312 g/mol. The van der Waals surface area contributed by atoms with E-state index in [0.29, 0.717) is 29.2 Å². The molecule has 0 saturated carbocycles. The van der Waals surface area contributed by atoms with Crippen LogP contribution in [0.4, 0.5) is 0 Å². The zero-order valence-corrected chi connectivity index (χ0v) is 14.4. The van der Waals surface area contributed by atoms with E-state index in [1.54, 1.807) is 18.0 Å². The van der Waals surface area contributed by atoms with Crippen LogP contribution < -0.4 is 0 Å². The van der Waals surface area contributed by atoms with E-state index in [1.165, 1.54) is 6.42 Å². The van der Waals surface area contributed by atoms with Crippen LogP contribution in [0.3, 0.4) is 0 Å². The van der Waals surface area contributed by atoms with Crippen LogP contribution in [0.5, 0.6) is 0 Å². The third-order valence-corrected chi connectivity index (χ3v) is 5.14. The molecule has 0 radical (unpaired) electrons. The van der Waals surface area contributed by atoms with Gasteiger partial charge in [0.05, 0.1) is 17.7 Å². The molecule has 1 amide bonds. The molecule has 0 bridgehead atoms. The van der Waals surface area contributed by atoms with Gasteiger partial charge in [-0.25, -0.2) is 4.98 Å². The van der Waals surface area contributed by atoms with E-state index >= 15 is 0 Å². The van der Waals surface area contributed by atoms with Gasteiger partial charge in [0.1, 0.15) is 5.76 Å². The Bertz CT molecular complexity index is 651. The molecule has 0 aromatic carbocycles. The summed E-state index contributed by atoms with van der Waals surface area (Å²) in [6.07, 6.45) is 5.06. The van der Waals surface area contributed by atoms with Gasteiger partial charge in [0.2, 0.25) is 5.91 Å². The van der Waals surface area contributed by atoms with E-state index in [9.17, 15) is 4.79 Å². The van der Waals surface area contributed by atoms with Crippen LogP contribution in [0.1, 0.15) is 37.6 Å². The molecule has 2 aromatic heterocycles. The molecule has 1 fully saturated rings. The predicted octanol–water partition coefficient (Wildman–Crippen LogP) is 3.88. The maximum Gasteiger partial charge on any atom is 0.263 e. The van der Waals surface area contributed by atoms with Crippen molar-refractivity contribution in [2.45, 2.75) is 44.9 Å². The Morgan fingerprint density at radius 1 is 1.48 bits per heavy atom. The van der Waals surface area contributed by atoms with Crippen molar-refractivity contribution in [2.75, 3.05) is 12.3 Å². The number of oxazole rings is 1. The first-order valence-electron chi connectivity index (χ1n) is 8.02. The van der Waals surface area contributed by atoms with Gasteiger partial charge in [-0.3, -0.25) is 4.79 Å². The summed E-state index contributed by atoms with van der Waals surface area (Å²) >= 11 is 1.59. The molecule has 1 unspecified atom stereocenters. The third kappa shape index (κ3) is 3.80. The highest BCUT2D eigenvalue weighted by Gasteiger charge is 2.23. The van der Waals surface area contributed by atoms with Crippen molar-refractivity contribution in [3.05, 3.63) is 29.9 Å². The lowest BCUT2D eigenvalue weighted by atomic mass is 10.0. The molecule has 0 N–H and O–H groups in total. The maximum absolute atomic E-state index is 12.3. The lowest BCUT2D eigenvalue weighted by Crippen LogP contribution is -2.42. The normalized spacial score (nSPS) is 18.3. The largest absolute Gasteiger partial charge is 0.459 e. The number of hydrogen-bond acceptors (Lipinski definition) is 5. The van der Waals surface area contributed by atoms with Gasteiger partial charge in [0.25, 0.3) is 5.89 Å². The van der Waals surface area contributed by atoms with Crippen LogP contribution in [0.15, 0.2) is 27.2 Å². The summed E-state index contributed by atoms with van der Waals surface area (Å²) in [7, 11) is 0. The summed E-state index contributed by atoms with van der Waals surface area (Å²) in [5, 5.41) is 0. The number of hydrogen-bond donors (Lipinski definition) is 0. The summed E-state index contributed by atoms with van der Waals surface area (Å²) in [5.41, 5.74) is 0.876. The van der Waals surface area contributed by atoms with Gasteiger partial charge in [-0.05, 0) is 45.2 Å². The quantitative estimate of drug-likeness (QED) is 0.830. The average molecular weight is 334 g/mol. The number of nitrogens with zero attached hydrogens (tertiary/aromatic N) is 2. The van der Waals surface area contributed by atoms with Crippen molar-refractivity contribution in [2.24, 2.45) is 0 Å². The van der Waals surface area contributed by atoms with Crippen molar-refractivity contribution < 1.29 is 13.6 Å². The molecule has 23 heavy (non-hydrogen) atoms. The van der Waals surface area contributed by atoms with Gasteiger partial charge in [0.15, 0.2) is 5.76 Å². The molecule has 1 aliphatic rings. The number of furan rings is 1. The zero-order valence-electron chi connectivity index (χ0n) is 13.6. The Balaban J connectivity index is 1.53. The molecule has 3 heterocycles. The fourth-order valence-electron chi connectivity index (χ4n) is 2.85. The first-order chi connectivity index (χ1) is 11.1. The molecule has 0 spiro atoms. The van der Waals surface area contributed by atoms with E-state index in [4.69, 9.17) is 8.83 Å². The summed E-state index contributed by atoms with van der Waals surface area (Å²) in [6, 6.07) is 4.00. The highest BCUT2D eigenvalue weighted by atomic mass is 32.2. The first kappa shape index (κ1) is 16.2. The third-order valence-electron chi connectivity index (χ3n) is 4.21. The van der Waals surface area contributed by atoms with Crippen molar-refractivity contribution in [3.8, 4) is 11.7 Å². The summed E-state index contributed by atoms with van der Waals surface area (Å²) in [6.45, 7) is 4.93. The highest BCUT2D eigenvalue weighted by Crippen LogP contribution is 2.25. The van der Waals surface area contributed by atoms with Crippen LogP contribution >= 0.6 is 11.8 Å². The summed E-state index contributed by atoms with van der Waals surface area (Å²) in [5.74, 6) is 3.30. The van der Waals surface area contributed by atoms with Crippen LogP contribution in [-0.2, 0) is 10.5 Å². The second-order valence-corrected chi connectivity index (χ2v) is 6.91. The molecule has 6 heteroatoms. The molecule has 2 aromatic rings. The maximum atomic E-state index is 12.3. The second kappa shape index (κ2) is 7.25. The minimum Gasteiger partial charge on any atom is -0.459 e. The Labute approximate surface area is 140 Å². The minimum atomic E-state index is 0.231. The topological polar surface area (TPSA) is 59.5 Å². The van der Waals surface area contributed by atoms with E-state index in [-0.39, 0.29) is 5.91 Å². The lowest BCUT2D eigenvalue weighted by Gasteiger charge is -2.33. The monoisotopic (exact) mass is 334 g/mol. The van der Waals surface area contributed by atoms with Gasteiger partial charge in [0, 0.05) is 18.3 Å². The van der Waals surface area contributed by atoms with Gasteiger partial charge in [-0.1, -0.05) is 0 Å².